The topological polar surface area (TPSA) is 66.5 Å². The Labute approximate surface area is 164 Å². The average molecular weight is 392 g/mol. The molecule has 1 heterocycles. The molecule has 0 saturated carbocycles. The largest absolute Gasteiger partial charge is 0.320 e. The second-order valence-electron chi connectivity index (χ2n) is 6.80. The molecule has 1 aliphatic rings. The van der Waals surface area contributed by atoms with Crippen LogP contribution in [0.5, 0.6) is 0 Å². The third-order valence-electron chi connectivity index (χ3n) is 4.81. The number of fused-ring (bicyclic) bond motifs is 1. The first kappa shape index (κ1) is 18.3. The normalized spacial score (nSPS) is 13.2. The molecular formula is C22H20N2O3S. The summed E-state index contributed by atoms with van der Waals surface area (Å²) in [7, 11) is -3.43. The van der Waals surface area contributed by atoms with Gasteiger partial charge in [-0.1, -0.05) is 48.5 Å². The molecule has 1 amide bonds. The molecule has 0 spiro atoms. The molecule has 0 unspecified atom stereocenters. The maximum Gasteiger partial charge on any atom is 0.255 e. The van der Waals surface area contributed by atoms with Crippen molar-refractivity contribution in [2.24, 2.45) is 0 Å². The Kier molecular flexibility index (Phi) is 4.65. The van der Waals surface area contributed by atoms with E-state index in [4.69, 9.17) is 0 Å². The van der Waals surface area contributed by atoms with Crippen LogP contribution in [-0.2, 0) is 16.4 Å². The third-order valence-corrected chi connectivity index (χ3v) is 5.98. The predicted molar refractivity (Wildman–Crippen MR) is 112 cm³/mol. The lowest BCUT2D eigenvalue weighted by molar-refractivity contribution is 0.102. The molecule has 3 aromatic carbocycles. The van der Waals surface area contributed by atoms with Crippen LogP contribution in [0.4, 0.5) is 11.4 Å². The minimum Gasteiger partial charge on any atom is -0.320 e. The van der Waals surface area contributed by atoms with Crippen LogP contribution in [0.15, 0.2) is 72.8 Å². The third kappa shape index (κ3) is 3.51. The molecule has 0 fully saturated rings. The lowest BCUT2D eigenvalue weighted by Gasteiger charge is -2.21. The van der Waals surface area contributed by atoms with E-state index in [0.717, 1.165) is 16.7 Å². The van der Waals surface area contributed by atoms with Gasteiger partial charge in [0.05, 0.1) is 17.6 Å². The number of anilines is 2. The number of rotatable bonds is 4. The van der Waals surface area contributed by atoms with Gasteiger partial charge >= 0.3 is 0 Å². The summed E-state index contributed by atoms with van der Waals surface area (Å²) in [6.45, 7) is 0.376. The molecule has 0 aliphatic carbocycles. The predicted octanol–water partition coefficient (Wildman–Crippen LogP) is 3.93. The molecular weight excluding hydrogens is 372 g/mol. The van der Waals surface area contributed by atoms with E-state index in [0.29, 0.717) is 29.9 Å². The number of nitrogens with zero attached hydrogens (tertiary/aromatic N) is 1. The summed E-state index contributed by atoms with van der Waals surface area (Å²) >= 11 is 0. The molecule has 1 N–H and O–H groups in total. The van der Waals surface area contributed by atoms with E-state index in [1.165, 1.54) is 10.6 Å². The minimum atomic E-state index is -3.43. The number of benzene rings is 3. The molecule has 3 aromatic rings. The van der Waals surface area contributed by atoms with Crippen LogP contribution in [0.2, 0.25) is 0 Å². The lowest BCUT2D eigenvalue weighted by atomic mass is 10.00. The van der Waals surface area contributed by atoms with Gasteiger partial charge in [0.2, 0.25) is 10.0 Å². The Balaban J connectivity index is 1.82. The number of sulfonamides is 1. The van der Waals surface area contributed by atoms with E-state index in [-0.39, 0.29) is 5.91 Å². The van der Waals surface area contributed by atoms with Gasteiger partial charge in [0.25, 0.3) is 5.91 Å². The van der Waals surface area contributed by atoms with E-state index < -0.39 is 10.0 Å². The highest BCUT2D eigenvalue weighted by atomic mass is 32.2. The number of carbonyl (C=O) groups excluding carboxylic acids is 1. The number of hydrogen-bond acceptors (Lipinski definition) is 3. The molecule has 5 nitrogen and oxygen atoms in total. The average Bonchev–Trinajstić information content (AvgIpc) is 3.14. The monoisotopic (exact) mass is 392 g/mol. The summed E-state index contributed by atoms with van der Waals surface area (Å²) < 4.78 is 25.9. The van der Waals surface area contributed by atoms with Gasteiger partial charge in [0.1, 0.15) is 0 Å². The van der Waals surface area contributed by atoms with E-state index in [1.54, 1.807) is 24.3 Å². The van der Waals surface area contributed by atoms with Crippen LogP contribution in [0.25, 0.3) is 11.1 Å². The number of hydrogen-bond donors (Lipinski definition) is 1. The zero-order chi connectivity index (χ0) is 19.7. The first-order valence-electron chi connectivity index (χ1n) is 9.00. The Morgan fingerprint density at radius 2 is 1.57 bits per heavy atom. The van der Waals surface area contributed by atoms with E-state index in [2.05, 4.69) is 5.32 Å². The molecule has 142 valence electrons. The van der Waals surface area contributed by atoms with Crippen molar-refractivity contribution in [2.75, 3.05) is 22.4 Å². The van der Waals surface area contributed by atoms with Crippen molar-refractivity contribution in [3.05, 3.63) is 83.9 Å². The molecule has 28 heavy (non-hydrogen) atoms. The van der Waals surface area contributed by atoms with Crippen molar-refractivity contribution in [1.29, 1.82) is 0 Å². The summed E-state index contributed by atoms with van der Waals surface area (Å²) in [4.78, 5) is 12.7. The number of amides is 1. The summed E-state index contributed by atoms with van der Waals surface area (Å²) in [5.74, 6) is -0.270. The van der Waals surface area contributed by atoms with Crippen molar-refractivity contribution >= 4 is 27.3 Å². The van der Waals surface area contributed by atoms with Gasteiger partial charge in [-0.2, -0.15) is 0 Å². The summed E-state index contributed by atoms with van der Waals surface area (Å²) in [6, 6.07) is 22.6. The highest BCUT2D eigenvalue weighted by molar-refractivity contribution is 7.92. The van der Waals surface area contributed by atoms with Crippen molar-refractivity contribution in [1.82, 2.24) is 0 Å². The Hall–Kier alpha value is -3.12. The minimum absolute atomic E-state index is 0.270. The highest BCUT2D eigenvalue weighted by Gasteiger charge is 2.30. The molecule has 6 heteroatoms. The fourth-order valence-electron chi connectivity index (χ4n) is 3.52. The number of nitrogens with one attached hydrogen (secondary N) is 1. The summed E-state index contributed by atoms with van der Waals surface area (Å²) in [5.41, 5.74) is 4.45. The summed E-state index contributed by atoms with van der Waals surface area (Å²) in [5, 5.41) is 2.93. The zero-order valence-corrected chi connectivity index (χ0v) is 16.2. The van der Waals surface area contributed by atoms with E-state index in [9.17, 15) is 13.2 Å². The zero-order valence-electron chi connectivity index (χ0n) is 15.4. The van der Waals surface area contributed by atoms with Gasteiger partial charge < -0.3 is 5.32 Å². The van der Waals surface area contributed by atoms with Crippen molar-refractivity contribution in [2.45, 2.75) is 6.42 Å². The van der Waals surface area contributed by atoms with Gasteiger partial charge in [0, 0.05) is 12.1 Å². The van der Waals surface area contributed by atoms with Gasteiger partial charge in [0.15, 0.2) is 0 Å². The number of carbonyl (C=O) groups is 1. The first-order valence-corrected chi connectivity index (χ1v) is 10.8. The molecule has 0 atom stereocenters. The maximum atomic E-state index is 12.7. The Morgan fingerprint density at radius 3 is 2.21 bits per heavy atom. The molecule has 1 aliphatic heterocycles. The van der Waals surface area contributed by atoms with Crippen molar-refractivity contribution in [3.63, 3.8) is 0 Å². The smallest absolute Gasteiger partial charge is 0.255 e. The Bertz CT molecular complexity index is 1130. The second-order valence-corrected chi connectivity index (χ2v) is 8.71. The van der Waals surface area contributed by atoms with Crippen LogP contribution in [-0.4, -0.2) is 27.1 Å². The van der Waals surface area contributed by atoms with E-state index in [1.807, 2.05) is 48.5 Å². The van der Waals surface area contributed by atoms with Crippen LogP contribution in [0.1, 0.15) is 15.9 Å². The fraction of sp³-hybridized carbons (Fsp3) is 0.136. The molecule has 4 rings (SSSR count). The SMILES string of the molecule is CS(=O)(=O)N1CCc2cc(-c3ccccc3)cc(NC(=O)c3ccccc3)c21. The van der Waals surface area contributed by atoms with Crippen LogP contribution in [0.3, 0.4) is 0 Å². The standard InChI is InChI=1S/C22H20N2O3S/c1-28(26,27)24-13-12-18-14-19(16-8-4-2-5-9-16)15-20(21(18)24)23-22(25)17-10-6-3-7-11-17/h2-11,14-15H,12-13H2,1H3,(H,23,25). The van der Waals surface area contributed by atoms with Gasteiger partial charge in [-0.3, -0.25) is 9.10 Å². The molecule has 0 bridgehead atoms. The van der Waals surface area contributed by atoms with Gasteiger partial charge in [-0.25, -0.2) is 8.42 Å². The maximum absolute atomic E-state index is 12.7. The fourth-order valence-corrected chi connectivity index (χ4v) is 4.49. The highest BCUT2D eigenvalue weighted by Crippen LogP contribution is 2.40. The van der Waals surface area contributed by atoms with E-state index >= 15 is 0 Å². The second kappa shape index (κ2) is 7.13. The first-order chi connectivity index (χ1) is 13.4. The van der Waals surface area contributed by atoms with Crippen LogP contribution in [0, 0.1) is 0 Å². The van der Waals surface area contributed by atoms with Gasteiger partial charge in [-0.15, -0.1) is 0 Å². The molecule has 0 saturated heterocycles. The van der Waals surface area contributed by atoms with Crippen LogP contribution >= 0.6 is 0 Å². The molecule has 0 aromatic heterocycles. The lowest BCUT2D eigenvalue weighted by Crippen LogP contribution is -2.28. The summed E-state index contributed by atoms with van der Waals surface area (Å²) in [6.07, 6.45) is 1.80. The molecule has 0 radical (unpaired) electrons. The van der Waals surface area contributed by atoms with Crippen molar-refractivity contribution < 1.29 is 13.2 Å². The van der Waals surface area contributed by atoms with Gasteiger partial charge in [-0.05, 0) is 47.4 Å². The van der Waals surface area contributed by atoms with Crippen molar-refractivity contribution in [3.8, 4) is 11.1 Å². The quantitative estimate of drug-likeness (QED) is 0.732. The van der Waals surface area contributed by atoms with Crippen LogP contribution < -0.4 is 9.62 Å². The Morgan fingerprint density at radius 1 is 0.929 bits per heavy atom.